The molecule has 5 rings (SSSR count). The predicted octanol–water partition coefficient (Wildman–Crippen LogP) is 4.16. The van der Waals surface area contributed by atoms with Gasteiger partial charge in [-0.1, -0.05) is 30.3 Å². The second-order valence-electron chi connectivity index (χ2n) is 8.03. The Bertz CT molecular complexity index is 1230. The molecule has 1 amide bonds. The number of nitrogens with zero attached hydrogens (tertiary/aromatic N) is 2. The van der Waals surface area contributed by atoms with Crippen LogP contribution in [0, 0.1) is 0 Å². The molecular formula is C23H23N5O2. The van der Waals surface area contributed by atoms with Crippen molar-refractivity contribution in [3.8, 4) is 0 Å². The summed E-state index contributed by atoms with van der Waals surface area (Å²) in [4.78, 5) is 31.9. The fraction of sp³-hybridized carbons (Fsp3) is 0.304. The van der Waals surface area contributed by atoms with Crippen molar-refractivity contribution in [3.63, 3.8) is 0 Å². The number of Topliss-reactive ketones (excluding diaryl/α,β-unsaturated/α-hetero) is 1. The van der Waals surface area contributed by atoms with E-state index in [0.717, 1.165) is 46.0 Å². The molecular weight excluding hydrogens is 378 g/mol. The SMILES string of the molecule is CC(NC(=O)c1nc2cc3c(C4CCC(=O)CC4)n[nH]c3cc2[nH]1)c1ccccc1. The van der Waals surface area contributed by atoms with E-state index in [2.05, 4.69) is 25.5 Å². The van der Waals surface area contributed by atoms with Crippen molar-refractivity contribution >= 4 is 33.6 Å². The Kier molecular flexibility index (Phi) is 4.58. The summed E-state index contributed by atoms with van der Waals surface area (Å²) >= 11 is 0. The number of H-pyrrole nitrogens is 2. The smallest absolute Gasteiger partial charge is 0.287 e. The van der Waals surface area contributed by atoms with Crippen molar-refractivity contribution in [2.24, 2.45) is 0 Å². The summed E-state index contributed by atoms with van der Waals surface area (Å²) in [6, 6.07) is 13.6. The summed E-state index contributed by atoms with van der Waals surface area (Å²) in [5.41, 5.74) is 4.45. The van der Waals surface area contributed by atoms with E-state index in [-0.39, 0.29) is 17.9 Å². The van der Waals surface area contributed by atoms with E-state index in [1.807, 2.05) is 49.4 Å². The number of amides is 1. The largest absolute Gasteiger partial charge is 0.343 e. The van der Waals surface area contributed by atoms with Crippen molar-refractivity contribution < 1.29 is 9.59 Å². The van der Waals surface area contributed by atoms with Crippen LogP contribution in [-0.4, -0.2) is 31.9 Å². The van der Waals surface area contributed by atoms with Crippen LogP contribution < -0.4 is 5.32 Å². The number of aromatic amines is 2. The van der Waals surface area contributed by atoms with Crippen molar-refractivity contribution in [1.82, 2.24) is 25.5 Å². The van der Waals surface area contributed by atoms with Crippen LogP contribution in [0.25, 0.3) is 21.9 Å². The molecule has 7 nitrogen and oxygen atoms in total. The van der Waals surface area contributed by atoms with Crippen LogP contribution in [0.15, 0.2) is 42.5 Å². The molecule has 1 unspecified atom stereocenters. The molecule has 1 saturated carbocycles. The molecule has 0 aliphatic heterocycles. The van der Waals surface area contributed by atoms with Gasteiger partial charge >= 0.3 is 0 Å². The topological polar surface area (TPSA) is 104 Å². The van der Waals surface area contributed by atoms with E-state index < -0.39 is 0 Å². The van der Waals surface area contributed by atoms with E-state index >= 15 is 0 Å². The first kappa shape index (κ1) is 18.5. The number of rotatable bonds is 4. The standard InChI is InChI=1S/C23H23N5O2/c1-13(14-5-3-2-4-6-14)24-23(30)22-25-19-11-17-18(12-20(19)26-22)27-28-21(17)15-7-9-16(29)10-8-15/h2-6,11-13,15H,7-10H2,1H3,(H,24,30)(H,25,26)(H,27,28). The van der Waals surface area contributed by atoms with Gasteiger partial charge < -0.3 is 10.3 Å². The van der Waals surface area contributed by atoms with Gasteiger partial charge in [0.05, 0.1) is 28.3 Å². The van der Waals surface area contributed by atoms with E-state index in [1.165, 1.54) is 0 Å². The second-order valence-corrected chi connectivity index (χ2v) is 8.03. The minimum atomic E-state index is -0.240. The highest BCUT2D eigenvalue weighted by Gasteiger charge is 2.24. The molecule has 0 radical (unpaired) electrons. The first-order valence-corrected chi connectivity index (χ1v) is 10.3. The molecule has 152 valence electrons. The third kappa shape index (κ3) is 3.36. The normalized spacial score (nSPS) is 16.2. The number of imidazole rings is 1. The molecule has 30 heavy (non-hydrogen) atoms. The number of carbonyl (C=O) groups excluding carboxylic acids is 2. The van der Waals surface area contributed by atoms with Crippen LogP contribution in [0.1, 0.15) is 66.4 Å². The van der Waals surface area contributed by atoms with Crippen molar-refractivity contribution in [3.05, 3.63) is 59.5 Å². The van der Waals surface area contributed by atoms with Gasteiger partial charge in [0, 0.05) is 24.1 Å². The highest BCUT2D eigenvalue weighted by Crippen LogP contribution is 2.35. The minimum Gasteiger partial charge on any atom is -0.343 e. The Morgan fingerprint density at radius 1 is 1.13 bits per heavy atom. The zero-order valence-corrected chi connectivity index (χ0v) is 16.7. The molecule has 2 heterocycles. The van der Waals surface area contributed by atoms with Gasteiger partial charge in [0.25, 0.3) is 5.91 Å². The van der Waals surface area contributed by atoms with Crippen LogP contribution in [0.3, 0.4) is 0 Å². The number of hydrogen-bond donors (Lipinski definition) is 3. The maximum absolute atomic E-state index is 12.7. The number of hydrogen-bond acceptors (Lipinski definition) is 4. The maximum atomic E-state index is 12.7. The van der Waals surface area contributed by atoms with E-state index in [9.17, 15) is 9.59 Å². The summed E-state index contributed by atoms with van der Waals surface area (Å²) in [6.07, 6.45) is 2.91. The third-order valence-electron chi connectivity index (χ3n) is 5.99. The lowest BCUT2D eigenvalue weighted by Gasteiger charge is -2.19. The fourth-order valence-corrected chi connectivity index (χ4v) is 4.26. The molecule has 1 aliphatic rings. The van der Waals surface area contributed by atoms with Gasteiger partial charge in [-0.2, -0.15) is 5.10 Å². The molecule has 1 atom stereocenters. The number of benzene rings is 2. The Morgan fingerprint density at radius 2 is 1.90 bits per heavy atom. The lowest BCUT2D eigenvalue weighted by molar-refractivity contribution is -0.120. The van der Waals surface area contributed by atoms with Gasteiger partial charge in [-0.05, 0) is 37.5 Å². The average molecular weight is 401 g/mol. The van der Waals surface area contributed by atoms with E-state index in [4.69, 9.17) is 0 Å². The molecule has 0 spiro atoms. The Morgan fingerprint density at radius 3 is 2.67 bits per heavy atom. The van der Waals surface area contributed by atoms with Crippen molar-refractivity contribution in [2.75, 3.05) is 0 Å². The lowest BCUT2D eigenvalue weighted by Crippen LogP contribution is -2.27. The van der Waals surface area contributed by atoms with Crippen LogP contribution in [0.4, 0.5) is 0 Å². The molecule has 0 saturated heterocycles. The minimum absolute atomic E-state index is 0.119. The Hall–Kier alpha value is -3.48. The molecule has 3 N–H and O–H groups in total. The number of fused-ring (bicyclic) bond motifs is 2. The molecule has 1 aliphatic carbocycles. The zero-order chi connectivity index (χ0) is 20.7. The summed E-state index contributed by atoms with van der Waals surface area (Å²) in [6.45, 7) is 1.95. The fourth-order valence-electron chi connectivity index (χ4n) is 4.26. The van der Waals surface area contributed by atoms with Gasteiger partial charge in [-0.15, -0.1) is 0 Å². The van der Waals surface area contributed by atoms with Crippen LogP contribution in [-0.2, 0) is 4.79 Å². The molecule has 2 aromatic carbocycles. The zero-order valence-electron chi connectivity index (χ0n) is 16.7. The summed E-state index contributed by atoms with van der Waals surface area (Å²) < 4.78 is 0. The molecule has 2 aromatic heterocycles. The highest BCUT2D eigenvalue weighted by atomic mass is 16.2. The average Bonchev–Trinajstić information content (AvgIpc) is 3.37. The Labute approximate surface area is 173 Å². The molecule has 7 heteroatoms. The lowest BCUT2D eigenvalue weighted by atomic mass is 9.85. The van der Waals surface area contributed by atoms with Gasteiger partial charge in [-0.3, -0.25) is 14.7 Å². The van der Waals surface area contributed by atoms with E-state index in [1.54, 1.807) is 0 Å². The van der Waals surface area contributed by atoms with Crippen LogP contribution in [0.5, 0.6) is 0 Å². The van der Waals surface area contributed by atoms with Crippen molar-refractivity contribution in [1.29, 1.82) is 0 Å². The Balaban J connectivity index is 1.42. The highest BCUT2D eigenvalue weighted by molar-refractivity contribution is 5.99. The number of nitrogens with one attached hydrogen (secondary N) is 3. The molecule has 4 aromatic rings. The monoisotopic (exact) mass is 401 g/mol. The summed E-state index contributed by atoms with van der Waals surface area (Å²) in [5, 5.41) is 11.6. The van der Waals surface area contributed by atoms with Gasteiger partial charge in [-0.25, -0.2) is 4.98 Å². The van der Waals surface area contributed by atoms with Gasteiger partial charge in [0.2, 0.25) is 0 Å². The third-order valence-corrected chi connectivity index (χ3v) is 5.99. The summed E-state index contributed by atoms with van der Waals surface area (Å²) in [7, 11) is 0. The van der Waals surface area contributed by atoms with Crippen LogP contribution >= 0.6 is 0 Å². The quantitative estimate of drug-likeness (QED) is 0.478. The number of ketones is 1. The number of aromatic nitrogens is 4. The first-order valence-electron chi connectivity index (χ1n) is 10.3. The summed E-state index contributed by atoms with van der Waals surface area (Å²) in [5.74, 6) is 0.664. The molecule has 1 fully saturated rings. The van der Waals surface area contributed by atoms with Crippen LogP contribution in [0.2, 0.25) is 0 Å². The predicted molar refractivity (Wildman–Crippen MR) is 114 cm³/mol. The second kappa shape index (κ2) is 7.40. The van der Waals surface area contributed by atoms with Gasteiger partial charge in [0.15, 0.2) is 5.82 Å². The first-order chi connectivity index (χ1) is 14.6. The van der Waals surface area contributed by atoms with E-state index in [0.29, 0.717) is 24.4 Å². The van der Waals surface area contributed by atoms with Crippen molar-refractivity contribution in [2.45, 2.75) is 44.6 Å². The maximum Gasteiger partial charge on any atom is 0.287 e. The van der Waals surface area contributed by atoms with Gasteiger partial charge in [0.1, 0.15) is 5.78 Å². The number of carbonyl (C=O) groups is 2. The molecule has 0 bridgehead atoms.